The van der Waals surface area contributed by atoms with Crippen LogP contribution in [0.15, 0.2) is 36.4 Å². The van der Waals surface area contributed by atoms with Crippen molar-refractivity contribution in [1.29, 1.82) is 0 Å². The first kappa shape index (κ1) is 14.7. The van der Waals surface area contributed by atoms with Gasteiger partial charge in [-0.25, -0.2) is 8.78 Å². The van der Waals surface area contributed by atoms with Crippen LogP contribution in [0.25, 0.3) is 0 Å². The molecule has 0 aliphatic carbocycles. The molecule has 0 saturated heterocycles. The number of rotatable bonds is 4. The second kappa shape index (κ2) is 6.14. The van der Waals surface area contributed by atoms with E-state index in [-0.39, 0.29) is 6.04 Å². The van der Waals surface area contributed by atoms with Crippen LogP contribution in [0.3, 0.4) is 0 Å². The smallest absolute Gasteiger partial charge is 0.126 e. The van der Waals surface area contributed by atoms with Crippen LogP contribution >= 0.6 is 0 Å². The molecule has 0 bridgehead atoms. The van der Waals surface area contributed by atoms with Gasteiger partial charge in [0.05, 0.1) is 0 Å². The summed E-state index contributed by atoms with van der Waals surface area (Å²) in [7, 11) is 0. The summed E-state index contributed by atoms with van der Waals surface area (Å²) in [5, 5.41) is 0. The first-order chi connectivity index (χ1) is 9.45. The quantitative estimate of drug-likeness (QED) is 0.904. The first-order valence-electron chi connectivity index (χ1n) is 6.71. The summed E-state index contributed by atoms with van der Waals surface area (Å²) in [5.41, 5.74) is 10.3. The fourth-order valence-electron chi connectivity index (χ4n) is 2.54. The maximum absolute atomic E-state index is 13.2. The Hall–Kier alpha value is -1.74. The van der Waals surface area contributed by atoms with E-state index >= 15 is 0 Å². The molecule has 1 unspecified atom stereocenters. The summed E-state index contributed by atoms with van der Waals surface area (Å²) in [6.45, 7) is 4.10. The van der Waals surface area contributed by atoms with E-state index in [0.717, 1.165) is 6.07 Å². The molecule has 2 aromatic rings. The molecule has 3 heteroatoms. The lowest BCUT2D eigenvalue weighted by Gasteiger charge is -2.16. The highest BCUT2D eigenvalue weighted by atomic mass is 19.1. The topological polar surface area (TPSA) is 26.0 Å². The number of aryl methyl sites for hydroxylation is 2. The van der Waals surface area contributed by atoms with Crippen LogP contribution in [0, 0.1) is 25.5 Å². The van der Waals surface area contributed by atoms with Gasteiger partial charge in [-0.1, -0.05) is 18.2 Å². The summed E-state index contributed by atoms with van der Waals surface area (Å²) in [5.74, 6) is -1.11. The van der Waals surface area contributed by atoms with Gasteiger partial charge in [-0.3, -0.25) is 0 Å². The molecule has 0 fully saturated rings. The van der Waals surface area contributed by atoms with Gasteiger partial charge in [-0.15, -0.1) is 0 Å². The Balaban J connectivity index is 2.11. The lowest BCUT2D eigenvalue weighted by atomic mass is 9.94. The van der Waals surface area contributed by atoms with Crippen LogP contribution < -0.4 is 5.73 Å². The molecular weight excluding hydrogens is 256 g/mol. The van der Waals surface area contributed by atoms with Gasteiger partial charge in [-0.2, -0.15) is 0 Å². The van der Waals surface area contributed by atoms with E-state index in [2.05, 4.69) is 26.0 Å². The van der Waals surface area contributed by atoms with Crippen molar-refractivity contribution in [3.8, 4) is 0 Å². The van der Waals surface area contributed by atoms with Crippen LogP contribution in [0.4, 0.5) is 8.78 Å². The zero-order valence-corrected chi connectivity index (χ0v) is 11.8. The maximum atomic E-state index is 13.2. The molecule has 2 aromatic carbocycles. The Bertz CT molecular complexity index is 567. The van der Waals surface area contributed by atoms with Crippen molar-refractivity contribution in [2.75, 3.05) is 0 Å². The van der Waals surface area contributed by atoms with Crippen molar-refractivity contribution < 1.29 is 8.78 Å². The third-order valence-electron chi connectivity index (χ3n) is 3.53. The minimum Gasteiger partial charge on any atom is -0.327 e. The van der Waals surface area contributed by atoms with Crippen LogP contribution in [0.2, 0.25) is 0 Å². The van der Waals surface area contributed by atoms with E-state index < -0.39 is 11.6 Å². The molecule has 0 aromatic heterocycles. The molecular formula is C17H19F2N. The molecule has 0 radical (unpaired) electrons. The van der Waals surface area contributed by atoms with E-state index in [0.29, 0.717) is 18.4 Å². The zero-order chi connectivity index (χ0) is 14.7. The van der Waals surface area contributed by atoms with E-state index in [9.17, 15) is 8.78 Å². The number of hydrogen-bond acceptors (Lipinski definition) is 1. The Morgan fingerprint density at radius 1 is 0.950 bits per heavy atom. The van der Waals surface area contributed by atoms with Crippen molar-refractivity contribution >= 4 is 0 Å². The van der Waals surface area contributed by atoms with Gasteiger partial charge in [0.15, 0.2) is 0 Å². The average Bonchev–Trinajstić information content (AvgIpc) is 2.32. The molecule has 2 N–H and O–H groups in total. The lowest BCUT2D eigenvalue weighted by Crippen LogP contribution is -2.26. The Kier molecular flexibility index (Phi) is 4.50. The summed E-state index contributed by atoms with van der Waals surface area (Å²) in [4.78, 5) is 0. The minimum atomic E-state index is -0.556. The Morgan fingerprint density at radius 2 is 1.50 bits per heavy atom. The highest BCUT2D eigenvalue weighted by Gasteiger charge is 2.11. The van der Waals surface area contributed by atoms with Gasteiger partial charge < -0.3 is 5.73 Å². The van der Waals surface area contributed by atoms with Crippen molar-refractivity contribution in [2.24, 2.45) is 5.73 Å². The van der Waals surface area contributed by atoms with Gasteiger partial charge >= 0.3 is 0 Å². The first-order valence-corrected chi connectivity index (χ1v) is 6.71. The fourth-order valence-corrected chi connectivity index (χ4v) is 2.54. The normalized spacial score (nSPS) is 12.4. The van der Waals surface area contributed by atoms with E-state index in [1.807, 2.05) is 6.07 Å². The Labute approximate surface area is 118 Å². The predicted molar refractivity (Wildman–Crippen MR) is 77.7 cm³/mol. The van der Waals surface area contributed by atoms with E-state index in [4.69, 9.17) is 5.73 Å². The number of benzene rings is 2. The number of hydrogen-bond donors (Lipinski definition) is 1. The van der Waals surface area contributed by atoms with Crippen LogP contribution in [0.5, 0.6) is 0 Å². The van der Waals surface area contributed by atoms with Crippen LogP contribution in [-0.2, 0) is 12.8 Å². The molecule has 20 heavy (non-hydrogen) atoms. The van der Waals surface area contributed by atoms with Gasteiger partial charge in [0, 0.05) is 12.1 Å². The molecule has 1 atom stereocenters. The lowest BCUT2D eigenvalue weighted by molar-refractivity contribution is 0.574. The summed E-state index contributed by atoms with van der Waals surface area (Å²) in [6, 6.07) is 9.52. The largest absolute Gasteiger partial charge is 0.327 e. The van der Waals surface area contributed by atoms with E-state index in [1.165, 1.54) is 28.8 Å². The molecule has 1 nitrogen and oxygen atoms in total. The maximum Gasteiger partial charge on any atom is 0.126 e. The predicted octanol–water partition coefficient (Wildman–Crippen LogP) is 3.69. The second-order valence-corrected chi connectivity index (χ2v) is 5.32. The molecule has 0 amide bonds. The molecule has 2 rings (SSSR count). The van der Waals surface area contributed by atoms with Gasteiger partial charge in [-0.05, 0) is 61.1 Å². The Morgan fingerprint density at radius 3 is 2.05 bits per heavy atom. The van der Waals surface area contributed by atoms with Gasteiger partial charge in [0.2, 0.25) is 0 Å². The molecule has 0 aliphatic rings. The van der Waals surface area contributed by atoms with Crippen LogP contribution in [0.1, 0.15) is 22.3 Å². The minimum absolute atomic E-state index is 0.156. The number of halogens is 2. The van der Waals surface area contributed by atoms with Crippen molar-refractivity contribution in [2.45, 2.75) is 32.7 Å². The van der Waals surface area contributed by atoms with Gasteiger partial charge in [0.25, 0.3) is 0 Å². The zero-order valence-electron chi connectivity index (χ0n) is 11.8. The summed E-state index contributed by atoms with van der Waals surface area (Å²) in [6.07, 6.45) is 1.17. The van der Waals surface area contributed by atoms with E-state index in [1.54, 1.807) is 0 Å². The monoisotopic (exact) mass is 275 g/mol. The average molecular weight is 275 g/mol. The highest BCUT2D eigenvalue weighted by Crippen LogP contribution is 2.17. The van der Waals surface area contributed by atoms with Crippen molar-refractivity contribution in [3.63, 3.8) is 0 Å². The summed E-state index contributed by atoms with van der Waals surface area (Å²) < 4.78 is 26.3. The molecule has 0 spiro atoms. The molecule has 0 heterocycles. The standard InChI is InChI=1S/C17H19F2N/c1-11-4-3-5-12(2)17(11)10-16(20)8-13-6-14(18)9-15(19)7-13/h3-7,9,16H,8,10,20H2,1-2H3. The molecule has 0 saturated carbocycles. The number of nitrogens with two attached hydrogens (primary N) is 1. The highest BCUT2D eigenvalue weighted by molar-refractivity contribution is 5.34. The molecule has 106 valence electrons. The molecule has 0 aliphatic heterocycles. The van der Waals surface area contributed by atoms with Crippen molar-refractivity contribution in [3.05, 3.63) is 70.3 Å². The second-order valence-electron chi connectivity index (χ2n) is 5.32. The summed E-state index contributed by atoms with van der Waals surface area (Å²) >= 11 is 0. The third kappa shape index (κ3) is 3.64. The van der Waals surface area contributed by atoms with Crippen molar-refractivity contribution in [1.82, 2.24) is 0 Å². The third-order valence-corrected chi connectivity index (χ3v) is 3.53. The fraction of sp³-hybridized carbons (Fsp3) is 0.294. The van der Waals surface area contributed by atoms with Crippen LogP contribution in [-0.4, -0.2) is 6.04 Å². The SMILES string of the molecule is Cc1cccc(C)c1CC(N)Cc1cc(F)cc(F)c1. The van der Waals surface area contributed by atoms with Gasteiger partial charge in [0.1, 0.15) is 11.6 Å².